The van der Waals surface area contributed by atoms with Gasteiger partial charge in [0, 0.05) is 12.6 Å². The standard InChI is InChI=1S/C19H23N/c1-15(2)20-14-13-16(3)18-11-7-8-12-19(18)17-9-5-4-6-10-17/h4-13,15,20H,14H2,1-3H3. The number of benzene rings is 2. The van der Waals surface area contributed by atoms with Gasteiger partial charge in [-0.2, -0.15) is 0 Å². The van der Waals surface area contributed by atoms with Crippen molar-refractivity contribution >= 4 is 5.57 Å². The fraction of sp³-hybridized carbons (Fsp3) is 0.263. The summed E-state index contributed by atoms with van der Waals surface area (Å²) < 4.78 is 0. The summed E-state index contributed by atoms with van der Waals surface area (Å²) >= 11 is 0. The molecule has 0 aliphatic heterocycles. The van der Waals surface area contributed by atoms with Crippen LogP contribution in [-0.2, 0) is 0 Å². The van der Waals surface area contributed by atoms with E-state index in [1.54, 1.807) is 0 Å². The van der Waals surface area contributed by atoms with Crippen LogP contribution in [0.15, 0.2) is 60.7 Å². The molecule has 0 aliphatic rings. The average molecular weight is 265 g/mol. The van der Waals surface area contributed by atoms with E-state index in [1.807, 2.05) is 0 Å². The van der Waals surface area contributed by atoms with E-state index in [1.165, 1.54) is 22.3 Å². The van der Waals surface area contributed by atoms with Gasteiger partial charge < -0.3 is 5.32 Å². The van der Waals surface area contributed by atoms with Crippen molar-refractivity contribution in [1.29, 1.82) is 0 Å². The third-order valence-electron chi connectivity index (χ3n) is 3.37. The zero-order valence-corrected chi connectivity index (χ0v) is 12.6. The van der Waals surface area contributed by atoms with E-state index in [2.05, 4.69) is 86.8 Å². The van der Waals surface area contributed by atoms with Gasteiger partial charge in [-0.3, -0.25) is 0 Å². The molecule has 0 bridgehead atoms. The largest absolute Gasteiger partial charge is 0.311 e. The first-order chi connectivity index (χ1) is 9.68. The second-order valence-corrected chi connectivity index (χ2v) is 5.36. The van der Waals surface area contributed by atoms with Crippen molar-refractivity contribution < 1.29 is 0 Å². The average Bonchev–Trinajstić information content (AvgIpc) is 2.47. The molecule has 1 N–H and O–H groups in total. The van der Waals surface area contributed by atoms with Gasteiger partial charge in [0.25, 0.3) is 0 Å². The quantitative estimate of drug-likeness (QED) is 0.822. The maximum Gasteiger partial charge on any atom is 0.0143 e. The van der Waals surface area contributed by atoms with Crippen LogP contribution in [0, 0.1) is 0 Å². The molecule has 0 saturated carbocycles. The van der Waals surface area contributed by atoms with Gasteiger partial charge >= 0.3 is 0 Å². The normalized spacial score (nSPS) is 11.9. The van der Waals surface area contributed by atoms with E-state index in [4.69, 9.17) is 0 Å². The molecule has 2 aromatic rings. The predicted molar refractivity (Wildman–Crippen MR) is 88.7 cm³/mol. The lowest BCUT2D eigenvalue weighted by atomic mass is 9.95. The van der Waals surface area contributed by atoms with E-state index in [0.29, 0.717) is 6.04 Å². The molecule has 1 heteroatoms. The third kappa shape index (κ3) is 3.82. The second kappa shape index (κ2) is 7.06. The third-order valence-corrected chi connectivity index (χ3v) is 3.37. The molecule has 0 fully saturated rings. The van der Waals surface area contributed by atoms with Crippen LogP contribution in [-0.4, -0.2) is 12.6 Å². The number of nitrogens with one attached hydrogen (secondary N) is 1. The van der Waals surface area contributed by atoms with Crippen LogP contribution in [0.3, 0.4) is 0 Å². The van der Waals surface area contributed by atoms with Crippen LogP contribution < -0.4 is 5.32 Å². The van der Waals surface area contributed by atoms with Crippen LogP contribution in [0.1, 0.15) is 26.3 Å². The molecule has 104 valence electrons. The SMILES string of the molecule is CC(=CCNC(C)C)c1ccccc1-c1ccccc1. The Balaban J connectivity index is 2.28. The fourth-order valence-electron chi connectivity index (χ4n) is 2.25. The van der Waals surface area contributed by atoms with Crippen molar-refractivity contribution in [2.45, 2.75) is 26.8 Å². The van der Waals surface area contributed by atoms with E-state index < -0.39 is 0 Å². The highest BCUT2D eigenvalue weighted by Crippen LogP contribution is 2.28. The van der Waals surface area contributed by atoms with Crippen molar-refractivity contribution in [3.05, 3.63) is 66.2 Å². The molecule has 0 heterocycles. The molecule has 0 atom stereocenters. The van der Waals surface area contributed by atoms with Gasteiger partial charge in [-0.1, -0.05) is 74.5 Å². The first-order valence-corrected chi connectivity index (χ1v) is 7.23. The van der Waals surface area contributed by atoms with Crippen molar-refractivity contribution in [2.75, 3.05) is 6.54 Å². The molecule has 0 radical (unpaired) electrons. The Hall–Kier alpha value is -1.86. The lowest BCUT2D eigenvalue weighted by molar-refractivity contribution is 0.633. The maximum absolute atomic E-state index is 3.43. The monoisotopic (exact) mass is 265 g/mol. The summed E-state index contributed by atoms with van der Waals surface area (Å²) in [5, 5.41) is 3.43. The minimum Gasteiger partial charge on any atom is -0.311 e. The smallest absolute Gasteiger partial charge is 0.0143 e. The molecule has 1 nitrogen and oxygen atoms in total. The molecule has 0 spiro atoms. The van der Waals surface area contributed by atoms with Gasteiger partial charge in [0.1, 0.15) is 0 Å². The van der Waals surface area contributed by atoms with Gasteiger partial charge in [0.2, 0.25) is 0 Å². The molecule has 2 aromatic carbocycles. The number of hydrogen-bond donors (Lipinski definition) is 1. The second-order valence-electron chi connectivity index (χ2n) is 5.36. The van der Waals surface area contributed by atoms with Gasteiger partial charge in [-0.25, -0.2) is 0 Å². The Kier molecular flexibility index (Phi) is 5.14. The minimum atomic E-state index is 0.517. The highest BCUT2D eigenvalue weighted by atomic mass is 14.9. The zero-order valence-electron chi connectivity index (χ0n) is 12.6. The van der Waals surface area contributed by atoms with E-state index in [0.717, 1.165) is 6.54 Å². The van der Waals surface area contributed by atoms with Gasteiger partial charge in [0.05, 0.1) is 0 Å². The lowest BCUT2D eigenvalue weighted by Gasteiger charge is -2.11. The molecule has 0 aliphatic carbocycles. The summed E-state index contributed by atoms with van der Waals surface area (Å²) in [5.74, 6) is 0. The van der Waals surface area contributed by atoms with Crippen molar-refractivity contribution in [3.8, 4) is 11.1 Å². The van der Waals surface area contributed by atoms with Crippen molar-refractivity contribution in [3.63, 3.8) is 0 Å². The van der Waals surface area contributed by atoms with Crippen molar-refractivity contribution in [1.82, 2.24) is 5.32 Å². The topological polar surface area (TPSA) is 12.0 Å². The zero-order chi connectivity index (χ0) is 14.4. The lowest BCUT2D eigenvalue weighted by Crippen LogP contribution is -2.22. The number of hydrogen-bond acceptors (Lipinski definition) is 1. The summed E-state index contributed by atoms with van der Waals surface area (Å²) in [4.78, 5) is 0. The van der Waals surface area contributed by atoms with Crippen molar-refractivity contribution in [2.24, 2.45) is 0 Å². The molecule has 2 rings (SSSR count). The van der Waals surface area contributed by atoms with E-state index in [-0.39, 0.29) is 0 Å². The molecule has 20 heavy (non-hydrogen) atoms. The van der Waals surface area contributed by atoms with Crippen LogP contribution >= 0.6 is 0 Å². The molecule has 0 unspecified atom stereocenters. The highest BCUT2D eigenvalue weighted by Gasteiger charge is 2.05. The Morgan fingerprint density at radius 3 is 2.35 bits per heavy atom. The predicted octanol–water partition coefficient (Wildman–Crippen LogP) is 4.75. The van der Waals surface area contributed by atoms with Crippen LogP contribution in [0.2, 0.25) is 0 Å². The Morgan fingerprint density at radius 2 is 1.65 bits per heavy atom. The minimum absolute atomic E-state index is 0.517. The Labute approximate surface area is 122 Å². The van der Waals surface area contributed by atoms with Crippen LogP contribution in [0.4, 0.5) is 0 Å². The molecular formula is C19H23N. The van der Waals surface area contributed by atoms with Gasteiger partial charge in [-0.05, 0) is 29.2 Å². The fourth-order valence-corrected chi connectivity index (χ4v) is 2.25. The number of rotatable bonds is 5. The summed E-state index contributed by atoms with van der Waals surface area (Å²) in [6.45, 7) is 7.43. The summed E-state index contributed by atoms with van der Waals surface area (Å²) in [5.41, 5.74) is 5.20. The Bertz CT molecular complexity index is 567. The summed E-state index contributed by atoms with van der Waals surface area (Å²) in [6.07, 6.45) is 2.27. The van der Waals surface area contributed by atoms with Gasteiger partial charge in [0.15, 0.2) is 0 Å². The molecular weight excluding hydrogens is 242 g/mol. The molecule has 0 aromatic heterocycles. The van der Waals surface area contributed by atoms with Gasteiger partial charge in [-0.15, -0.1) is 0 Å². The summed E-state index contributed by atoms with van der Waals surface area (Å²) in [7, 11) is 0. The molecule has 0 amide bonds. The van der Waals surface area contributed by atoms with E-state index >= 15 is 0 Å². The summed E-state index contributed by atoms with van der Waals surface area (Å²) in [6, 6.07) is 19.7. The highest BCUT2D eigenvalue weighted by molar-refractivity contribution is 5.80. The van der Waals surface area contributed by atoms with Crippen LogP contribution in [0.5, 0.6) is 0 Å². The Morgan fingerprint density at radius 1 is 1.00 bits per heavy atom. The maximum atomic E-state index is 3.43. The molecule has 0 saturated heterocycles. The van der Waals surface area contributed by atoms with Crippen LogP contribution in [0.25, 0.3) is 16.7 Å². The number of allylic oxidation sites excluding steroid dienone is 1. The first-order valence-electron chi connectivity index (χ1n) is 7.23. The van der Waals surface area contributed by atoms with E-state index in [9.17, 15) is 0 Å². The first kappa shape index (κ1) is 14.5.